The summed E-state index contributed by atoms with van der Waals surface area (Å²) in [5.41, 5.74) is 3.11. The maximum absolute atomic E-state index is 13.5. The van der Waals surface area contributed by atoms with Crippen molar-refractivity contribution in [2.75, 3.05) is 13.2 Å². The fourth-order valence-electron chi connectivity index (χ4n) is 3.21. The molecule has 0 saturated carbocycles. The Kier molecular flexibility index (Phi) is 3.01. The van der Waals surface area contributed by atoms with E-state index in [-0.39, 0.29) is 5.82 Å². The summed E-state index contributed by atoms with van der Waals surface area (Å²) in [6.07, 6.45) is 6.41. The van der Waals surface area contributed by atoms with E-state index in [0.29, 0.717) is 13.2 Å². The Bertz CT molecular complexity index is 720. The van der Waals surface area contributed by atoms with Crippen LogP contribution >= 0.6 is 0 Å². The number of benzene rings is 1. The van der Waals surface area contributed by atoms with Gasteiger partial charge in [-0.3, -0.25) is 4.98 Å². The zero-order valence-electron chi connectivity index (χ0n) is 11.6. The van der Waals surface area contributed by atoms with Crippen LogP contribution in [0.4, 0.5) is 4.39 Å². The van der Waals surface area contributed by atoms with Crippen LogP contribution in [0.5, 0.6) is 0 Å². The van der Waals surface area contributed by atoms with E-state index in [1.54, 1.807) is 18.3 Å². The van der Waals surface area contributed by atoms with Gasteiger partial charge in [0.15, 0.2) is 5.79 Å². The number of fused-ring (bicyclic) bond motifs is 1. The molecule has 1 aromatic carbocycles. The molecule has 0 atom stereocenters. The molecule has 1 spiro atoms. The van der Waals surface area contributed by atoms with Crippen LogP contribution in [0.3, 0.4) is 0 Å². The van der Waals surface area contributed by atoms with Crippen LogP contribution in [0, 0.1) is 5.82 Å². The Hall–Kier alpha value is -1.78. The number of halogens is 1. The molecule has 1 aromatic heterocycles. The van der Waals surface area contributed by atoms with Crippen molar-refractivity contribution in [3.05, 3.63) is 47.9 Å². The molecule has 4 heteroatoms. The molecule has 4 rings (SSSR count). The van der Waals surface area contributed by atoms with E-state index in [1.165, 1.54) is 11.6 Å². The molecule has 2 aliphatic rings. The summed E-state index contributed by atoms with van der Waals surface area (Å²) < 4.78 is 25.0. The highest BCUT2D eigenvalue weighted by atomic mass is 19.1. The first kappa shape index (κ1) is 12.9. The van der Waals surface area contributed by atoms with Gasteiger partial charge < -0.3 is 9.47 Å². The minimum absolute atomic E-state index is 0.230. The van der Waals surface area contributed by atoms with Gasteiger partial charge in [-0.15, -0.1) is 0 Å². The normalized spacial score (nSPS) is 20.9. The number of pyridine rings is 1. The number of nitrogens with zero attached hydrogens (tertiary/aromatic N) is 1. The molecule has 1 aliphatic carbocycles. The zero-order valence-corrected chi connectivity index (χ0v) is 11.6. The number of hydrogen-bond donors (Lipinski definition) is 0. The summed E-state index contributed by atoms with van der Waals surface area (Å²) in [5, 5.41) is 0.868. The summed E-state index contributed by atoms with van der Waals surface area (Å²) in [5.74, 6) is -0.649. The average molecular weight is 285 g/mol. The SMILES string of the molecule is Fc1ccc2nccc(C3=CCC4(CC3)OCCO4)c2c1. The van der Waals surface area contributed by atoms with Crippen LogP contribution in [0.25, 0.3) is 16.5 Å². The van der Waals surface area contributed by atoms with Gasteiger partial charge in [-0.2, -0.15) is 0 Å². The van der Waals surface area contributed by atoms with E-state index < -0.39 is 5.79 Å². The molecular weight excluding hydrogens is 269 g/mol. The van der Waals surface area contributed by atoms with Crippen molar-refractivity contribution >= 4 is 16.5 Å². The lowest BCUT2D eigenvalue weighted by atomic mass is 9.88. The monoisotopic (exact) mass is 285 g/mol. The fraction of sp³-hybridized carbons (Fsp3) is 0.353. The molecular formula is C17H16FNO2. The van der Waals surface area contributed by atoms with Gasteiger partial charge in [0, 0.05) is 24.4 Å². The Labute approximate surface area is 122 Å². The Morgan fingerprint density at radius 2 is 2.00 bits per heavy atom. The lowest BCUT2D eigenvalue weighted by molar-refractivity contribution is -0.159. The van der Waals surface area contributed by atoms with Crippen LogP contribution in [0.2, 0.25) is 0 Å². The van der Waals surface area contributed by atoms with Gasteiger partial charge in [-0.05, 0) is 41.8 Å². The van der Waals surface area contributed by atoms with Crippen molar-refractivity contribution in [1.82, 2.24) is 4.98 Å². The van der Waals surface area contributed by atoms with Crippen molar-refractivity contribution in [2.24, 2.45) is 0 Å². The molecule has 2 aromatic rings. The number of aromatic nitrogens is 1. The van der Waals surface area contributed by atoms with Crippen LogP contribution in [0.1, 0.15) is 24.8 Å². The van der Waals surface area contributed by atoms with E-state index in [0.717, 1.165) is 35.7 Å². The lowest BCUT2D eigenvalue weighted by Crippen LogP contribution is -2.31. The highest BCUT2D eigenvalue weighted by molar-refractivity contribution is 5.91. The summed E-state index contributed by atoms with van der Waals surface area (Å²) in [6, 6.07) is 6.69. The average Bonchev–Trinajstić information content (AvgIpc) is 2.96. The topological polar surface area (TPSA) is 31.4 Å². The minimum Gasteiger partial charge on any atom is -0.347 e. The van der Waals surface area contributed by atoms with Gasteiger partial charge in [0.25, 0.3) is 0 Å². The third-order valence-electron chi connectivity index (χ3n) is 4.30. The number of allylic oxidation sites excluding steroid dienone is 1. The van der Waals surface area contributed by atoms with E-state index in [2.05, 4.69) is 11.1 Å². The third kappa shape index (κ3) is 2.24. The summed E-state index contributed by atoms with van der Waals surface area (Å²) >= 11 is 0. The smallest absolute Gasteiger partial charge is 0.172 e. The third-order valence-corrected chi connectivity index (χ3v) is 4.30. The molecule has 21 heavy (non-hydrogen) atoms. The first-order chi connectivity index (χ1) is 10.3. The Morgan fingerprint density at radius 3 is 2.76 bits per heavy atom. The van der Waals surface area contributed by atoms with Gasteiger partial charge >= 0.3 is 0 Å². The summed E-state index contributed by atoms with van der Waals surface area (Å²) in [7, 11) is 0. The van der Waals surface area contributed by atoms with Crippen molar-refractivity contribution < 1.29 is 13.9 Å². The second kappa shape index (κ2) is 4.90. The summed E-state index contributed by atoms with van der Waals surface area (Å²) in [6.45, 7) is 1.35. The number of hydrogen-bond acceptors (Lipinski definition) is 3. The molecule has 2 heterocycles. The van der Waals surface area contributed by atoms with Gasteiger partial charge in [0.1, 0.15) is 5.82 Å². The van der Waals surface area contributed by atoms with E-state index in [1.807, 2.05) is 6.07 Å². The van der Waals surface area contributed by atoms with Crippen LogP contribution < -0.4 is 0 Å². The first-order valence-electron chi connectivity index (χ1n) is 7.27. The highest BCUT2D eigenvalue weighted by Crippen LogP contribution is 2.39. The first-order valence-corrected chi connectivity index (χ1v) is 7.27. The van der Waals surface area contributed by atoms with Crippen molar-refractivity contribution in [3.63, 3.8) is 0 Å². The molecule has 0 N–H and O–H groups in total. The van der Waals surface area contributed by atoms with E-state index >= 15 is 0 Å². The van der Waals surface area contributed by atoms with Crippen molar-refractivity contribution in [1.29, 1.82) is 0 Å². The molecule has 108 valence electrons. The number of ether oxygens (including phenoxy) is 2. The molecule has 0 amide bonds. The number of rotatable bonds is 1. The standard InChI is InChI=1S/C17H16FNO2/c18-13-1-2-16-15(11-13)14(5-8-19-16)12-3-6-17(7-4-12)20-9-10-21-17/h1-3,5,8,11H,4,6-7,9-10H2. The Balaban J connectivity index is 1.74. The zero-order chi connectivity index (χ0) is 14.3. The molecule has 1 fully saturated rings. The molecule has 1 aliphatic heterocycles. The largest absolute Gasteiger partial charge is 0.347 e. The van der Waals surface area contributed by atoms with Gasteiger partial charge in [0.2, 0.25) is 0 Å². The molecule has 1 saturated heterocycles. The van der Waals surface area contributed by atoms with Crippen molar-refractivity contribution in [2.45, 2.75) is 25.0 Å². The molecule has 0 unspecified atom stereocenters. The second-order valence-electron chi connectivity index (χ2n) is 5.56. The van der Waals surface area contributed by atoms with Crippen molar-refractivity contribution in [3.8, 4) is 0 Å². The van der Waals surface area contributed by atoms with E-state index in [4.69, 9.17) is 9.47 Å². The predicted octanol–water partition coefficient (Wildman–Crippen LogP) is 3.68. The quantitative estimate of drug-likeness (QED) is 0.801. The Morgan fingerprint density at radius 1 is 1.14 bits per heavy atom. The molecule has 3 nitrogen and oxygen atoms in total. The van der Waals surface area contributed by atoms with Crippen LogP contribution in [0.15, 0.2) is 36.5 Å². The predicted molar refractivity (Wildman–Crippen MR) is 78.2 cm³/mol. The highest BCUT2D eigenvalue weighted by Gasteiger charge is 2.37. The summed E-state index contributed by atoms with van der Waals surface area (Å²) in [4.78, 5) is 4.31. The van der Waals surface area contributed by atoms with Gasteiger partial charge in [0.05, 0.1) is 18.7 Å². The fourth-order valence-corrected chi connectivity index (χ4v) is 3.21. The van der Waals surface area contributed by atoms with Crippen LogP contribution in [-0.4, -0.2) is 24.0 Å². The second-order valence-corrected chi connectivity index (χ2v) is 5.56. The van der Waals surface area contributed by atoms with Crippen LogP contribution in [-0.2, 0) is 9.47 Å². The maximum Gasteiger partial charge on any atom is 0.172 e. The minimum atomic E-state index is -0.419. The maximum atomic E-state index is 13.5. The van der Waals surface area contributed by atoms with E-state index in [9.17, 15) is 4.39 Å². The molecule has 0 bridgehead atoms. The van der Waals surface area contributed by atoms with Gasteiger partial charge in [-0.25, -0.2) is 4.39 Å². The lowest BCUT2D eigenvalue weighted by Gasteiger charge is -2.31. The molecule has 0 radical (unpaired) electrons. The van der Waals surface area contributed by atoms with Gasteiger partial charge in [-0.1, -0.05) is 6.08 Å².